The van der Waals surface area contributed by atoms with E-state index in [0.29, 0.717) is 22.8 Å². The normalized spacial score (nSPS) is 14.0. The fourth-order valence-corrected chi connectivity index (χ4v) is 4.33. The summed E-state index contributed by atoms with van der Waals surface area (Å²) in [6, 6.07) is 3.05. The van der Waals surface area contributed by atoms with Crippen LogP contribution in [-0.2, 0) is 19.4 Å². The first kappa shape index (κ1) is 25.1. The van der Waals surface area contributed by atoms with Crippen molar-refractivity contribution in [3.05, 3.63) is 12.1 Å². The molecule has 0 atom stereocenters. The van der Waals surface area contributed by atoms with Gasteiger partial charge in [0.05, 0.1) is 27.9 Å². The van der Waals surface area contributed by atoms with Crippen molar-refractivity contribution in [3.63, 3.8) is 0 Å². The van der Waals surface area contributed by atoms with Crippen molar-refractivity contribution in [1.82, 2.24) is 20.0 Å². The number of carbonyl (C=O) groups excluding carboxylic acids is 2. The minimum Gasteiger partial charge on any atom is -0.493 e. The van der Waals surface area contributed by atoms with Gasteiger partial charge in [0.1, 0.15) is 5.75 Å². The Hall–Kier alpha value is -3.55. The lowest BCUT2D eigenvalue weighted by atomic mass is 10.2. The molecule has 2 heterocycles. The van der Waals surface area contributed by atoms with E-state index in [-0.39, 0.29) is 38.7 Å². The number of nitrogens with zero attached hydrogens (tertiary/aromatic N) is 4. The van der Waals surface area contributed by atoms with Crippen LogP contribution in [0.4, 0.5) is 4.79 Å². The fraction of sp³-hybridized carbons (Fsp3) is 0.500. The van der Waals surface area contributed by atoms with Gasteiger partial charge in [-0.3, -0.25) is 4.79 Å². The molecule has 2 aromatic rings. The molecule has 1 saturated heterocycles. The number of rotatable bonds is 8. The summed E-state index contributed by atoms with van der Waals surface area (Å²) in [4.78, 5) is 27.2. The highest BCUT2D eigenvalue weighted by Crippen LogP contribution is 2.41. The standard InChI is InChI=1S/C20H26N4O9S/c1-5-32-20(26)24-8-6-23(7-9-24)16(25)12-34(27,28)19-22-21-18(33-19)13-10-14(29-2)17(31-4)15(11-13)30-3/h10-11H,5-9,12H2,1-4H3. The molecule has 1 aromatic carbocycles. The van der Waals surface area contributed by atoms with Gasteiger partial charge >= 0.3 is 11.3 Å². The quantitative estimate of drug-likeness (QED) is 0.509. The third-order valence-electron chi connectivity index (χ3n) is 5.06. The van der Waals surface area contributed by atoms with E-state index in [4.69, 9.17) is 23.4 Å². The largest absolute Gasteiger partial charge is 0.493 e. The van der Waals surface area contributed by atoms with Gasteiger partial charge in [-0.15, -0.1) is 5.10 Å². The van der Waals surface area contributed by atoms with E-state index in [1.54, 1.807) is 6.92 Å². The van der Waals surface area contributed by atoms with Crippen molar-refractivity contribution in [1.29, 1.82) is 0 Å². The fourth-order valence-electron chi connectivity index (χ4n) is 3.33. The number of benzene rings is 1. The Bertz CT molecular complexity index is 1120. The maximum absolute atomic E-state index is 12.7. The van der Waals surface area contributed by atoms with Crippen molar-refractivity contribution in [2.24, 2.45) is 0 Å². The molecule has 1 aromatic heterocycles. The Labute approximate surface area is 196 Å². The Morgan fingerprint density at radius 2 is 1.56 bits per heavy atom. The number of amides is 2. The third-order valence-corrected chi connectivity index (χ3v) is 6.38. The van der Waals surface area contributed by atoms with Crippen LogP contribution < -0.4 is 14.2 Å². The smallest absolute Gasteiger partial charge is 0.409 e. The molecule has 0 bridgehead atoms. The number of hydrogen-bond acceptors (Lipinski definition) is 11. The van der Waals surface area contributed by atoms with E-state index in [0.717, 1.165) is 0 Å². The zero-order valence-corrected chi connectivity index (χ0v) is 20.1. The first-order valence-electron chi connectivity index (χ1n) is 10.3. The van der Waals surface area contributed by atoms with E-state index in [9.17, 15) is 18.0 Å². The summed E-state index contributed by atoms with van der Waals surface area (Å²) >= 11 is 0. The molecule has 1 aliphatic rings. The lowest BCUT2D eigenvalue weighted by molar-refractivity contribution is -0.130. The second-order valence-electron chi connectivity index (χ2n) is 7.11. The van der Waals surface area contributed by atoms with Gasteiger partial charge in [0, 0.05) is 31.7 Å². The highest BCUT2D eigenvalue weighted by molar-refractivity contribution is 7.91. The maximum Gasteiger partial charge on any atom is 0.409 e. The zero-order chi connectivity index (χ0) is 24.9. The summed E-state index contributed by atoms with van der Waals surface area (Å²) in [6.07, 6.45) is -0.465. The molecule has 2 amide bonds. The Kier molecular flexibility index (Phi) is 7.81. The summed E-state index contributed by atoms with van der Waals surface area (Å²) in [6.45, 7) is 2.82. The Balaban J connectivity index is 1.72. The van der Waals surface area contributed by atoms with Gasteiger partial charge in [-0.05, 0) is 19.1 Å². The number of carbonyl (C=O) groups is 2. The molecule has 14 heteroatoms. The van der Waals surface area contributed by atoms with Crippen LogP contribution in [-0.4, -0.2) is 100 Å². The minimum atomic E-state index is -4.20. The van der Waals surface area contributed by atoms with Crippen molar-refractivity contribution < 1.29 is 41.4 Å². The van der Waals surface area contributed by atoms with E-state index in [2.05, 4.69) is 10.2 Å². The highest BCUT2D eigenvalue weighted by Gasteiger charge is 2.31. The van der Waals surface area contributed by atoms with Gasteiger partial charge in [-0.2, -0.15) is 0 Å². The van der Waals surface area contributed by atoms with E-state index in [1.807, 2.05) is 0 Å². The van der Waals surface area contributed by atoms with Crippen LogP contribution in [0.15, 0.2) is 21.8 Å². The lowest BCUT2D eigenvalue weighted by Gasteiger charge is -2.33. The van der Waals surface area contributed by atoms with Crippen molar-refractivity contribution >= 4 is 21.8 Å². The third kappa shape index (κ3) is 5.32. The van der Waals surface area contributed by atoms with Crippen LogP contribution in [0, 0.1) is 0 Å². The molecule has 0 aliphatic carbocycles. The molecule has 0 N–H and O–H groups in total. The molecule has 3 rings (SSSR count). The Morgan fingerprint density at radius 1 is 0.971 bits per heavy atom. The van der Waals surface area contributed by atoms with Crippen LogP contribution >= 0.6 is 0 Å². The van der Waals surface area contributed by atoms with Gasteiger partial charge in [0.25, 0.3) is 0 Å². The molecule has 0 unspecified atom stereocenters. The average Bonchev–Trinajstić information content (AvgIpc) is 3.34. The van der Waals surface area contributed by atoms with E-state index < -0.39 is 32.8 Å². The first-order chi connectivity index (χ1) is 16.2. The summed E-state index contributed by atoms with van der Waals surface area (Å²) in [5.74, 6) is -0.601. The Morgan fingerprint density at radius 3 is 2.09 bits per heavy atom. The molecule has 13 nitrogen and oxygen atoms in total. The molecule has 0 saturated carbocycles. The topological polar surface area (TPSA) is 151 Å². The summed E-state index contributed by atoms with van der Waals surface area (Å²) < 4.78 is 51.6. The minimum absolute atomic E-state index is 0.103. The van der Waals surface area contributed by atoms with E-state index >= 15 is 0 Å². The summed E-state index contributed by atoms with van der Waals surface area (Å²) in [7, 11) is 0.114. The zero-order valence-electron chi connectivity index (χ0n) is 19.3. The molecule has 34 heavy (non-hydrogen) atoms. The highest BCUT2D eigenvalue weighted by atomic mass is 32.2. The second-order valence-corrected chi connectivity index (χ2v) is 8.98. The maximum atomic E-state index is 12.7. The number of ether oxygens (including phenoxy) is 4. The molecule has 0 spiro atoms. The molecular formula is C20H26N4O9S. The number of hydrogen-bond donors (Lipinski definition) is 0. The molecular weight excluding hydrogens is 472 g/mol. The van der Waals surface area contributed by atoms with E-state index in [1.165, 1.54) is 43.3 Å². The molecule has 186 valence electrons. The van der Waals surface area contributed by atoms with Crippen LogP contribution in [0.25, 0.3) is 11.5 Å². The average molecular weight is 499 g/mol. The summed E-state index contributed by atoms with van der Waals surface area (Å²) in [5.41, 5.74) is 0.338. The first-order valence-corrected chi connectivity index (χ1v) is 11.9. The van der Waals surface area contributed by atoms with Crippen LogP contribution in [0.5, 0.6) is 17.2 Å². The number of aromatic nitrogens is 2. The second kappa shape index (κ2) is 10.6. The van der Waals surface area contributed by atoms with Crippen LogP contribution in [0.2, 0.25) is 0 Å². The van der Waals surface area contributed by atoms with Crippen LogP contribution in [0.3, 0.4) is 0 Å². The number of methoxy groups -OCH3 is 3. The van der Waals surface area contributed by atoms with Crippen molar-refractivity contribution in [2.75, 3.05) is 59.9 Å². The molecule has 0 radical (unpaired) electrons. The number of piperazine rings is 1. The summed E-state index contributed by atoms with van der Waals surface area (Å²) in [5, 5.41) is 6.72. The van der Waals surface area contributed by atoms with Gasteiger partial charge in [0.15, 0.2) is 11.5 Å². The van der Waals surface area contributed by atoms with Gasteiger partial charge in [-0.1, -0.05) is 5.10 Å². The van der Waals surface area contributed by atoms with Crippen LogP contribution in [0.1, 0.15) is 6.92 Å². The van der Waals surface area contributed by atoms with Gasteiger partial charge in [0.2, 0.25) is 27.4 Å². The monoisotopic (exact) mass is 498 g/mol. The molecule has 1 fully saturated rings. The van der Waals surface area contributed by atoms with Gasteiger partial charge in [-0.25, -0.2) is 13.2 Å². The molecule has 1 aliphatic heterocycles. The van der Waals surface area contributed by atoms with Crippen molar-refractivity contribution in [2.45, 2.75) is 12.1 Å². The van der Waals surface area contributed by atoms with Gasteiger partial charge < -0.3 is 33.2 Å². The van der Waals surface area contributed by atoms with Crippen molar-refractivity contribution in [3.8, 4) is 28.7 Å². The SMILES string of the molecule is CCOC(=O)N1CCN(C(=O)CS(=O)(=O)c2nnc(-c3cc(OC)c(OC)c(OC)c3)o2)CC1. The lowest BCUT2D eigenvalue weighted by Crippen LogP contribution is -2.51. The number of sulfone groups is 1. The predicted molar refractivity (Wildman–Crippen MR) is 117 cm³/mol. The predicted octanol–water partition coefficient (Wildman–Crippen LogP) is 0.837.